The molecule has 25 heavy (non-hydrogen) atoms. The number of anilines is 1. The summed E-state index contributed by atoms with van der Waals surface area (Å²) < 4.78 is 2.42. The van der Waals surface area contributed by atoms with Crippen molar-refractivity contribution >= 4 is 22.4 Å². The van der Waals surface area contributed by atoms with Crippen molar-refractivity contribution in [3.63, 3.8) is 0 Å². The van der Waals surface area contributed by atoms with Crippen LogP contribution in [0.2, 0.25) is 0 Å². The van der Waals surface area contributed by atoms with Gasteiger partial charge in [-0.1, -0.05) is 6.42 Å². The third-order valence-electron chi connectivity index (χ3n) is 5.41. The lowest BCUT2D eigenvalue weighted by Crippen LogP contribution is -2.17. The van der Waals surface area contributed by atoms with E-state index in [9.17, 15) is 0 Å². The summed E-state index contributed by atoms with van der Waals surface area (Å²) in [5.41, 5.74) is 5.50. The summed E-state index contributed by atoms with van der Waals surface area (Å²) in [6.45, 7) is 3.94. The first-order chi connectivity index (χ1) is 12.3. The summed E-state index contributed by atoms with van der Waals surface area (Å²) in [5, 5.41) is 4.73. The molecule has 126 valence electrons. The van der Waals surface area contributed by atoms with Gasteiger partial charge in [-0.15, -0.1) is 0 Å². The number of nitrogens with zero attached hydrogens (tertiary/aromatic N) is 4. The fourth-order valence-electron chi connectivity index (χ4n) is 3.80. The molecule has 0 saturated heterocycles. The first kappa shape index (κ1) is 14.6. The molecule has 0 amide bonds. The number of amidine groups is 1. The van der Waals surface area contributed by atoms with Gasteiger partial charge in [0.05, 0.1) is 12.2 Å². The van der Waals surface area contributed by atoms with Gasteiger partial charge in [0.15, 0.2) is 5.84 Å². The van der Waals surface area contributed by atoms with E-state index in [2.05, 4.69) is 56.2 Å². The number of aryl methyl sites for hydroxylation is 1. The van der Waals surface area contributed by atoms with E-state index in [0.29, 0.717) is 6.54 Å². The number of benzene rings is 1. The third kappa shape index (κ3) is 2.51. The fourth-order valence-corrected chi connectivity index (χ4v) is 3.80. The van der Waals surface area contributed by atoms with Crippen LogP contribution >= 0.6 is 0 Å². The molecule has 3 aromatic rings. The molecule has 1 fully saturated rings. The molecular formula is C20H21N5. The molecule has 1 aliphatic carbocycles. The smallest absolute Gasteiger partial charge is 0.154 e. The Balaban J connectivity index is 1.44. The van der Waals surface area contributed by atoms with Crippen molar-refractivity contribution < 1.29 is 0 Å². The van der Waals surface area contributed by atoms with Gasteiger partial charge in [0.2, 0.25) is 0 Å². The van der Waals surface area contributed by atoms with Gasteiger partial charge in [-0.2, -0.15) is 0 Å². The Morgan fingerprint density at radius 3 is 2.92 bits per heavy atom. The maximum atomic E-state index is 4.54. The van der Waals surface area contributed by atoms with Gasteiger partial charge < -0.3 is 9.88 Å². The quantitative estimate of drug-likeness (QED) is 0.791. The number of hydrogen-bond acceptors (Lipinski definition) is 4. The molecule has 0 bridgehead atoms. The normalized spacial score (nSPS) is 16.6. The maximum Gasteiger partial charge on any atom is 0.154 e. The second kappa shape index (κ2) is 5.69. The summed E-state index contributed by atoms with van der Waals surface area (Å²) in [4.78, 5) is 13.3. The molecule has 5 nitrogen and oxygen atoms in total. The highest BCUT2D eigenvalue weighted by molar-refractivity contribution is 6.09. The maximum absolute atomic E-state index is 4.54. The largest absolute Gasteiger partial charge is 0.347 e. The van der Waals surface area contributed by atoms with Crippen LogP contribution in [0, 0.1) is 12.8 Å². The summed E-state index contributed by atoms with van der Waals surface area (Å²) in [6, 6.07) is 6.57. The molecule has 2 aromatic heterocycles. The summed E-state index contributed by atoms with van der Waals surface area (Å²) in [7, 11) is 0. The van der Waals surface area contributed by atoms with Crippen LogP contribution in [-0.2, 0) is 13.1 Å². The molecule has 1 aromatic carbocycles. The average molecular weight is 331 g/mol. The van der Waals surface area contributed by atoms with Gasteiger partial charge in [0.1, 0.15) is 5.69 Å². The Morgan fingerprint density at radius 2 is 2.08 bits per heavy atom. The average Bonchev–Trinajstić information content (AvgIpc) is 3.13. The lowest BCUT2D eigenvalue weighted by molar-refractivity contribution is 0.280. The lowest BCUT2D eigenvalue weighted by atomic mass is 9.85. The van der Waals surface area contributed by atoms with Crippen molar-refractivity contribution in [2.24, 2.45) is 10.9 Å². The van der Waals surface area contributed by atoms with Crippen LogP contribution in [-0.4, -0.2) is 20.4 Å². The predicted octanol–water partition coefficient (Wildman–Crippen LogP) is 3.91. The van der Waals surface area contributed by atoms with E-state index in [1.807, 2.05) is 0 Å². The Labute approximate surface area is 146 Å². The van der Waals surface area contributed by atoms with Crippen LogP contribution in [0.4, 0.5) is 5.69 Å². The zero-order valence-corrected chi connectivity index (χ0v) is 14.4. The Hall–Kier alpha value is -2.69. The number of nitrogens with one attached hydrogen (secondary N) is 1. The molecule has 2 aliphatic rings. The monoisotopic (exact) mass is 331 g/mol. The molecule has 5 rings (SSSR count). The van der Waals surface area contributed by atoms with E-state index in [0.717, 1.165) is 35.4 Å². The standard InChI is InChI=1S/C20H21N5/c1-13-11-25(12-14-3-2-4-14)18-6-5-15(9-16(13)18)24-20-19-17(10-23-20)21-7-8-22-19/h5-9,11,14H,2-4,10,12H2,1H3,(H,23,24). The van der Waals surface area contributed by atoms with E-state index in [4.69, 9.17) is 0 Å². The Bertz CT molecular complexity index is 981. The highest BCUT2D eigenvalue weighted by Gasteiger charge is 2.20. The fraction of sp³-hybridized carbons (Fsp3) is 0.350. The van der Waals surface area contributed by atoms with E-state index in [1.165, 1.54) is 35.7 Å². The third-order valence-corrected chi connectivity index (χ3v) is 5.41. The van der Waals surface area contributed by atoms with E-state index >= 15 is 0 Å². The highest BCUT2D eigenvalue weighted by atomic mass is 15.1. The van der Waals surface area contributed by atoms with Crippen molar-refractivity contribution in [2.45, 2.75) is 39.3 Å². The molecule has 0 atom stereocenters. The van der Waals surface area contributed by atoms with Gasteiger partial charge in [-0.25, -0.2) is 4.98 Å². The molecule has 3 heterocycles. The molecule has 1 aliphatic heterocycles. The number of hydrogen-bond donors (Lipinski definition) is 1. The van der Waals surface area contributed by atoms with Crippen LogP contribution in [0.3, 0.4) is 0 Å². The molecule has 1 N–H and O–H groups in total. The van der Waals surface area contributed by atoms with Crippen molar-refractivity contribution in [3.05, 3.63) is 53.7 Å². The van der Waals surface area contributed by atoms with Crippen molar-refractivity contribution in [1.29, 1.82) is 0 Å². The van der Waals surface area contributed by atoms with Gasteiger partial charge in [-0.05, 0) is 49.4 Å². The number of fused-ring (bicyclic) bond motifs is 2. The number of aromatic nitrogens is 3. The molecule has 5 heteroatoms. The highest BCUT2D eigenvalue weighted by Crippen LogP contribution is 2.31. The zero-order chi connectivity index (χ0) is 16.8. The predicted molar refractivity (Wildman–Crippen MR) is 99.9 cm³/mol. The van der Waals surface area contributed by atoms with Crippen LogP contribution in [0.25, 0.3) is 10.9 Å². The van der Waals surface area contributed by atoms with Crippen LogP contribution in [0.1, 0.15) is 36.2 Å². The number of rotatable bonds is 3. The van der Waals surface area contributed by atoms with E-state index in [1.54, 1.807) is 12.4 Å². The minimum atomic E-state index is 0.602. The second-order valence-corrected chi connectivity index (χ2v) is 7.13. The molecule has 1 saturated carbocycles. The van der Waals surface area contributed by atoms with Crippen molar-refractivity contribution in [1.82, 2.24) is 14.5 Å². The van der Waals surface area contributed by atoms with Crippen molar-refractivity contribution in [2.75, 3.05) is 5.32 Å². The van der Waals surface area contributed by atoms with Crippen LogP contribution in [0.5, 0.6) is 0 Å². The van der Waals surface area contributed by atoms with Crippen molar-refractivity contribution in [3.8, 4) is 0 Å². The summed E-state index contributed by atoms with van der Waals surface area (Å²) in [6.07, 6.45) is 9.87. The zero-order valence-electron chi connectivity index (χ0n) is 14.4. The van der Waals surface area contributed by atoms with Gasteiger partial charge in [0.25, 0.3) is 0 Å². The van der Waals surface area contributed by atoms with Gasteiger partial charge in [-0.3, -0.25) is 9.98 Å². The Kier molecular flexibility index (Phi) is 3.33. The van der Waals surface area contributed by atoms with E-state index < -0.39 is 0 Å². The molecule has 0 unspecified atom stereocenters. The van der Waals surface area contributed by atoms with Crippen LogP contribution < -0.4 is 5.32 Å². The lowest BCUT2D eigenvalue weighted by Gasteiger charge is -2.26. The molecule has 0 radical (unpaired) electrons. The molecule has 0 spiro atoms. The molecular weight excluding hydrogens is 310 g/mol. The minimum absolute atomic E-state index is 0.602. The second-order valence-electron chi connectivity index (χ2n) is 7.13. The SMILES string of the molecule is Cc1cn(CC2CCC2)c2ccc(NC3=NCc4nccnc43)cc12. The van der Waals surface area contributed by atoms with Crippen LogP contribution in [0.15, 0.2) is 41.8 Å². The summed E-state index contributed by atoms with van der Waals surface area (Å²) >= 11 is 0. The summed E-state index contributed by atoms with van der Waals surface area (Å²) in [5.74, 6) is 1.67. The first-order valence-corrected chi connectivity index (χ1v) is 8.99. The minimum Gasteiger partial charge on any atom is -0.347 e. The van der Waals surface area contributed by atoms with Gasteiger partial charge in [0, 0.05) is 41.7 Å². The number of aliphatic imine (C=N–C) groups is 1. The first-order valence-electron chi connectivity index (χ1n) is 8.99. The van der Waals surface area contributed by atoms with E-state index in [-0.39, 0.29) is 0 Å². The Morgan fingerprint density at radius 1 is 1.20 bits per heavy atom. The topological polar surface area (TPSA) is 55.1 Å². The van der Waals surface area contributed by atoms with Gasteiger partial charge >= 0.3 is 0 Å².